The van der Waals surface area contributed by atoms with E-state index in [0.29, 0.717) is 17.0 Å². The fraction of sp³-hybridized carbons (Fsp3) is 0.286. The Morgan fingerprint density at radius 3 is 2.57 bits per heavy atom. The quantitative estimate of drug-likeness (QED) is 0.943. The third kappa shape index (κ3) is 3.49. The van der Waals surface area contributed by atoms with Crippen LogP contribution in [0.3, 0.4) is 0 Å². The number of ether oxygens (including phenoxy) is 1. The molecule has 2 rings (SSSR count). The average molecular weight is 297 g/mol. The molecule has 1 aromatic carbocycles. The van der Waals surface area contributed by atoms with E-state index in [1.165, 1.54) is 18.3 Å². The fourth-order valence-corrected chi connectivity index (χ4v) is 1.73. The number of alkyl halides is 3. The number of halogens is 3. The molecule has 0 saturated heterocycles. The number of nitrogens with two attached hydrogens (primary N) is 1. The van der Waals surface area contributed by atoms with Crippen LogP contribution in [0, 0.1) is 13.8 Å². The molecule has 0 amide bonds. The van der Waals surface area contributed by atoms with Gasteiger partial charge in [-0.3, -0.25) is 4.98 Å². The highest BCUT2D eigenvalue weighted by Crippen LogP contribution is 2.38. The molecule has 1 aromatic heterocycles. The van der Waals surface area contributed by atoms with Crippen LogP contribution in [0.5, 0.6) is 11.6 Å². The second-order valence-electron chi connectivity index (χ2n) is 4.54. The van der Waals surface area contributed by atoms with E-state index >= 15 is 0 Å². The maximum atomic E-state index is 13.1. The van der Waals surface area contributed by atoms with E-state index in [1.54, 1.807) is 13.8 Å². The van der Waals surface area contributed by atoms with E-state index in [-0.39, 0.29) is 18.2 Å². The largest absolute Gasteiger partial charge is 0.437 e. The zero-order valence-electron chi connectivity index (χ0n) is 11.5. The smallest absolute Gasteiger partial charge is 0.419 e. The Bertz CT molecular complexity index is 656. The Morgan fingerprint density at radius 1 is 1.24 bits per heavy atom. The number of aryl methyl sites for hydroxylation is 2. The molecule has 0 aliphatic carbocycles. The summed E-state index contributed by atoms with van der Waals surface area (Å²) in [5, 5.41) is 0. The van der Waals surface area contributed by atoms with Gasteiger partial charge < -0.3 is 10.5 Å². The minimum atomic E-state index is -4.54. The van der Waals surface area contributed by atoms with Gasteiger partial charge in [0, 0.05) is 12.7 Å². The predicted octanol–water partition coefficient (Wildman–Crippen LogP) is 3.36. The summed E-state index contributed by atoms with van der Waals surface area (Å²) in [6.07, 6.45) is -3.02. The summed E-state index contributed by atoms with van der Waals surface area (Å²) >= 11 is 0. The van der Waals surface area contributed by atoms with Crippen molar-refractivity contribution >= 4 is 0 Å². The topological polar surface area (TPSA) is 61.0 Å². The van der Waals surface area contributed by atoms with Gasteiger partial charge in [-0.15, -0.1) is 0 Å². The fourth-order valence-electron chi connectivity index (χ4n) is 1.73. The SMILES string of the molecule is Cc1cnc(C)c(Oc2ccc(CN)cc2C(F)(F)F)n1. The molecule has 0 bridgehead atoms. The van der Waals surface area contributed by atoms with Gasteiger partial charge in [-0.1, -0.05) is 6.07 Å². The number of hydrogen-bond acceptors (Lipinski definition) is 4. The standard InChI is InChI=1S/C14H14F3N3O/c1-8-7-19-9(2)13(20-8)21-12-4-3-10(6-18)5-11(12)14(15,16)17/h3-5,7H,6,18H2,1-2H3. The Labute approximate surface area is 119 Å². The Morgan fingerprint density at radius 2 is 1.95 bits per heavy atom. The number of rotatable bonds is 3. The molecule has 0 atom stereocenters. The molecule has 21 heavy (non-hydrogen) atoms. The summed E-state index contributed by atoms with van der Waals surface area (Å²) in [6, 6.07) is 3.71. The summed E-state index contributed by atoms with van der Waals surface area (Å²) in [5.41, 5.74) is 5.84. The lowest BCUT2D eigenvalue weighted by molar-refractivity contribution is -0.138. The normalized spacial score (nSPS) is 11.5. The van der Waals surface area contributed by atoms with Gasteiger partial charge in [0.15, 0.2) is 0 Å². The molecule has 0 aliphatic rings. The molecular weight excluding hydrogens is 283 g/mol. The maximum absolute atomic E-state index is 13.1. The van der Waals surface area contributed by atoms with Gasteiger partial charge in [0.2, 0.25) is 5.88 Å². The molecule has 7 heteroatoms. The van der Waals surface area contributed by atoms with Crippen molar-refractivity contribution in [1.82, 2.24) is 9.97 Å². The van der Waals surface area contributed by atoms with Crippen LogP contribution < -0.4 is 10.5 Å². The van der Waals surface area contributed by atoms with Crippen LogP contribution in [0.4, 0.5) is 13.2 Å². The Kier molecular flexibility index (Phi) is 4.13. The highest BCUT2D eigenvalue weighted by Gasteiger charge is 2.35. The first-order valence-electron chi connectivity index (χ1n) is 6.19. The molecule has 4 nitrogen and oxygen atoms in total. The van der Waals surface area contributed by atoms with Gasteiger partial charge >= 0.3 is 6.18 Å². The van der Waals surface area contributed by atoms with Gasteiger partial charge in [0.05, 0.1) is 17.0 Å². The lowest BCUT2D eigenvalue weighted by atomic mass is 10.1. The summed E-state index contributed by atoms with van der Waals surface area (Å²) in [6.45, 7) is 3.32. The molecule has 112 valence electrons. The second-order valence-corrected chi connectivity index (χ2v) is 4.54. The minimum Gasteiger partial charge on any atom is -0.437 e. The summed E-state index contributed by atoms with van der Waals surface area (Å²) in [7, 11) is 0. The van der Waals surface area contributed by atoms with Crippen LogP contribution in [-0.2, 0) is 12.7 Å². The predicted molar refractivity (Wildman–Crippen MR) is 70.9 cm³/mol. The number of nitrogens with zero attached hydrogens (tertiary/aromatic N) is 2. The summed E-state index contributed by atoms with van der Waals surface area (Å²) in [5.74, 6) is -0.260. The van der Waals surface area contributed by atoms with Crippen molar-refractivity contribution < 1.29 is 17.9 Å². The first-order valence-corrected chi connectivity index (χ1v) is 6.19. The molecular formula is C14H14F3N3O. The van der Waals surface area contributed by atoms with Crippen molar-refractivity contribution in [3.63, 3.8) is 0 Å². The number of hydrogen-bond donors (Lipinski definition) is 1. The van der Waals surface area contributed by atoms with Crippen molar-refractivity contribution in [3.05, 3.63) is 46.9 Å². The van der Waals surface area contributed by atoms with Crippen molar-refractivity contribution in [2.24, 2.45) is 5.73 Å². The third-order valence-corrected chi connectivity index (χ3v) is 2.82. The van der Waals surface area contributed by atoms with Gasteiger partial charge in [-0.25, -0.2) is 4.98 Å². The number of benzene rings is 1. The highest BCUT2D eigenvalue weighted by molar-refractivity contribution is 5.41. The lowest BCUT2D eigenvalue weighted by Gasteiger charge is -2.15. The molecule has 1 heterocycles. The summed E-state index contributed by atoms with van der Waals surface area (Å²) in [4.78, 5) is 8.07. The molecule has 0 spiro atoms. The van der Waals surface area contributed by atoms with Crippen LogP contribution in [0.2, 0.25) is 0 Å². The summed E-state index contributed by atoms with van der Waals surface area (Å²) < 4.78 is 44.6. The molecule has 0 saturated carbocycles. The van der Waals surface area contributed by atoms with Crippen molar-refractivity contribution in [1.29, 1.82) is 0 Å². The Balaban J connectivity index is 2.46. The van der Waals surface area contributed by atoms with E-state index < -0.39 is 11.7 Å². The lowest BCUT2D eigenvalue weighted by Crippen LogP contribution is -2.10. The van der Waals surface area contributed by atoms with Crippen LogP contribution in [0.25, 0.3) is 0 Å². The zero-order valence-corrected chi connectivity index (χ0v) is 11.5. The van der Waals surface area contributed by atoms with Crippen LogP contribution >= 0.6 is 0 Å². The van der Waals surface area contributed by atoms with Gasteiger partial charge in [0.25, 0.3) is 0 Å². The van der Waals surface area contributed by atoms with Gasteiger partial charge in [-0.2, -0.15) is 13.2 Å². The van der Waals surface area contributed by atoms with Gasteiger partial charge in [0.1, 0.15) is 5.75 Å². The van der Waals surface area contributed by atoms with E-state index in [1.807, 2.05) is 0 Å². The molecule has 2 aromatic rings. The maximum Gasteiger partial charge on any atom is 0.419 e. The van der Waals surface area contributed by atoms with Crippen LogP contribution in [0.15, 0.2) is 24.4 Å². The molecule has 0 unspecified atom stereocenters. The zero-order chi connectivity index (χ0) is 15.6. The molecule has 2 N–H and O–H groups in total. The first-order chi connectivity index (χ1) is 9.81. The third-order valence-electron chi connectivity index (χ3n) is 2.82. The van der Waals surface area contributed by atoms with E-state index in [4.69, 9.17) is 10.5 Å². The average Bonchev–Trinajstić information content (AvgIpc) is 2.42. The van der Waals surface area contributed by atoms with Crippen LogP contribution in [0.1, 0.15) is 22.5 Å². The van der Waals surface area contributed by atoms with E-state index in [9.17, 15) is 13.2 Å². The van der Waals surface area contributed by atoms with Crippen molar-refractivity contribution in [2.75, 3.05) is 0 Å². The second kappa shape index (κ2) is 5.69. The molecule has 0 aliphatic heterocycles. The molecule has 0 fully saturated rings. The van der Waals surface area contributed by atoms with Crippen molar-refractivity contribution in [3.8, 4) is 11.6 Å². The molecule has 0 radical (unpaired) electrons. The van der Waals surface area contributed by atoms with Crippen LogP contribution in [-0.4, -0.2) is 9.97 Å². The monoisotopic (exact) mass is 297 g/mol. The Hall–Kier alpha value is -2.15. The number of aromatic nitrogens is 2. The highest BCUT2D eigenvalue weighted by atomic mass is 19.4. The minimum absolute atomic E-state index is 0.0205. The first kappa shape index (κ1) is 15.2. The van der Waals surface area contributed by atoms with E-state index in [2.05, 4.69) is 9.97 Å². The van der Waals surface area contributed by atoms with E-state index in [0.717, 1.165) is 6.07 Å². The van der Waals surface area contributed by atoms with Gasteiger partial charge in [-0.05, 0) is 31.5 Å². The van der Waals surface area contributed by atoms with Crippen molar-refractivity contribution in [2.45, 2.75) is 26.6 Å².